The fraction of sp³-hybridized carbons (Fsp3) is 0.481. The molecule has 0 radical (unpaired) electrons. The van der Waals surface area contributed by atoms with Crippen molar-refractivity contribution in [2.75, 3.05) is 0 Å². The number of hydrogen-bond donors (Lipinski definition) is 0. The first-order chi connectivity index (χ1) is 15.2. The summed E-state index contributed by atoms with van der Waals surface area (Å²) in [5, 5.41) is 9.64. The third-order valence-corrected chi connectivity index (χ3v) is 22.0. The minimum atomic E-state index is -2.74. The van der Waals surface area contributed by atoms with Gasteiger partial charge in [-0.3, -0.25) is 0 Å². The van der Waals surface area contributed by atoms with Crippen LogP contribution >= 0.6 is 0 Å². The van der Waals surface area contributed by atoms with Crippen molar-refractivity contribution >= 4 is 22.1 Å². The Morgan fingerprint density at radius 3 is 1.74 bits per heavy atom. The molecule has 0 fully saturated rings. The first-order valence-electron chi connectivity index (χ1n) is 12.3. The van der Waals surface area contributed by atoms with Gasteiger partial charge < -0.3 is 0 Å². The molecule has 0 aliphatic rings. The van der Waals surface area contributed by atoms with Gasteiger partial charge in [-0.25, -0.2) is 0 Å². The number of nitrogens with zero attached hydrogens (tertiary/aromatic N) is 3. The van der Waals surface area contributed by atoms with E-state index < -0.39 is 18.4 Å². The SMILES string of the molecule is CCC[CH2][Sn]([CH2]CCC)([CH2]CCC)[c]1c(-c2ccccc2)nnn1Cc1ccccc1. The van der Waals surface area contributed by atoms with Gasteiger partial charge in [-0.05, 0) is 0 Å². The summed E-state index contributed by atoms with van der Waals surface area (Å²) < 4.78 is 8.15. The van der Waals surface area contributed by atoms with Crippen molar-refractivity contribution in [1.29, 1.82) is 0 Å². The number of benzene rings is 2. The van der Waals surface area contributed by atoms with E-state index in [2.05, 4.69) is 86.1 Å². The minimum absolute atomic E-state index is 0.832. The zero-order valence-corrected chi connectivity index (χ0v) is 22.5. The van der Waals surface area contributed by atoms with Crippen LogP contribution in [0.15, 0.2) is 60.7 Å². The average Bonchev–Trinajstić information content (AvgIpc) is 3.24. The second-order valence-corrected chi connectivity index (χ2v) is 21.8. The van der Waals surface area contributed by atoms with Crippen LogP contribution in [0.3, 0.4) is 0 Å². The van der Waals surface area contributed by atoms with E-state index in [0.29, 0.717) is 0 Å². The van der Waals surface area contributed by atoms with E-state index >= 15 is 0 Å². The molecule has 2 aromatic carbocycles. The predicted molar refractivity (Wildman–Crippen MR) is 136 cm³/mol. The van der Waals surface area contributed by atoms with Crippen LogP contribution in [-0.4, -0.2) is 33.4 Å². The van der Waals surface area contributed by atoms with Crippen molar-refractivity contribution in [2.24, 2.45) is 0 Å². The Morgan fingerprint density at radius 1 is 0.710 bits per heavy atom. The van der Waals surface area contributed by atoms with E-state index in [1.165, 1.54) is 68.7 Å². The summed E-state index contributed by atoms with van der Waals surface area (Å²) in [5.74, 6) is 0. The van der Waals surface area contributed by atoms with Crippen molar-refractivity contribution < 1.29 is 0 Å². The van der Waals surface area contributed by atoms with E-state index in [4.69, 9.17) is 10.3 Å². The molecule has 0 unspecified atom stereocenters. The van der Waals surface area contributed by atoms with Crippen molar-refractivity contribution in [3.8, 4) is 11.3 Å². The molecule has 0 saturated carbocycles. The van der Waals surface area contributed by atoms with E-state index in [9.17, 15) is 0 Å². The molecule has 0 aliphatic carbocycles. The molecule has 0 saturated heterocycles. The second kappa shape index (κ2) is 12.4. The quantitative estimate of drug-likeness (QED) is 0.225. The van der Waals surface area contributed by atoms with Gasteiger partial charge in [-0.2, -0.15) is 0 Å². The molecular weight excluding hydrogens is 485 g/mol. The van der Waals surface area contributed by atoms with E-state index in [1.54, 1.807) is 3.71 Å². The van der Waals surface area contributed by atoms with Crippen LogP contribution in [0.4, 0.5) is 0 Å². The Hall–Kier alpha value is -1.62. The van der Waals surface area contributed by atoms with Gasteiger partial charge >= 0.3 is 194 Å². The van der Waals surface area contributed by atoms with Gasteiger partial charge in [0.1, 0.15) is 0 Å². The van der Waals surface area contributed by atoms with Crippen LogP contribution in [0.25, 0.3) is 11.3 Å². The van der Waals surface area contributed by atoms with Gasteiger partial charge in [0, 0.05) is 0 Å². The molecule has 31 heavy (non-hydrogen) atoms. The topological polar surface area (TPSA) is 30.7 Å². The molecule has 0 aliphatic heterocycles. The Morgan fingerprint density at radius 2 is 1.23 bits per heavy atom. The first kappa shape index (κ1) is 24.0. The summed E-state index contributed by atoms with van der Waals surface area (Å²) in [6.45, 7) is 7.86. The van der Waals surface area contributed by atoms with Gasteiger partial charge in [0.2, 0.25) is 0 Å². The molecular formula is C27H39N3Sn. The molecule has 3 nitrogen and oxygen atoms in total. The standard InChI is InChI=1S/C15H12N3.3C4H9.Sn/c1-3-7-13(8-4-1)11-18-12-15(16-17-18)14-9-5-2-6-10-14;3*1-3-4-2;/h1-10H,11H2;3*1,3-4H2,2H3;. The van der Waals surface area contributed by atoms with Crippen molar-refractivity contribution in [3.63, 3.8) is 0 Å². The molecule has 166 valence electrons. The summed E-state index contributed by atoms with van der Waals surface area (Å²) in [6, 6.07) is 21.6. The van der Waals surface area contributed by atoms with E-state index in [0.717, 1.165) is 6.54 Å². The maximum absolute atomic E-state index is 4.84. The zero-order valence-electron chi connectivity index (χ0n) is 19.7. The molecule has 0 atom stereocenters. The Balaban J connectivity index is 2.15. The summed E-state index contributed by atoms with van der Waals surface area (Å²) in [5.41, 5.74) is 3.73. The molecule has 1 aromatic heterocycles. The van der Waals surface area contributed by atoms with E-state index in [-0.39, 0.29) is 0 Å². The Labute approximate surface area is 193 Å². The van der Waals surface area contributed by atoms with Crippen molar-refractivity contribution in [3.05, 3.63) is 66.2 Å². The molecule has 0 spiro atoms. The van der Waals surface area contributed by atoms with Crippen LogP contribution in [0.2, 0.25) is 13.3 Å². The van der Waals surface area contributed by atoms with Gasteiger partial charge in [0.25, 0.3) is 0 Å². The molecule has 3 aromatic rings. The number of unbranched alkanes of at least 4 members (excludes halogenated alkanes) is 3. The van der Waals surface area contributed by atoms with Gasteiger partial charge in [-0.15, -0.1) is 0 Å². The molecule has 4 heteroatoms. The van der Waals surface area contributed by atoms with Crippen LogP contribution in [0.1, 0.15) is 64.9 Å². The van der Waals surface area contributed by atoms with Crippen molar-refractivity contribution in [2.45, 2.75) is 79.2 Å². The van der Waals surface area contributed by atoms with Gasteiger partial charge in [0.05, 0.1) is 0 Å². The Bertz CT molecular complexity index is 868. The van der Waals surface area contributed by atoms with Crippen LogP contribution in [0.5, 0.6) is 0 Å². The normalized spacial score (nSPS) is 11.7. The van der Waals surface area contributed by atoms with Crippen LogP contribution in [-0.2, 0) is 6.54 Å². The zero-order chi connectivity index (χ0) is 21.9. The summed E-state index contributed by atoms with van der Waals surface area (Å²) in [6.07, 6.45) is 7.85. The van der Waals surface area contributed by atoms with Crippen molar-refractivity contribution in [1.82, 2.24) is 15.0 Å². The van der Waals surface area contributed by atoms with Crippen LogP contribution in [0, 0.1) is 0 Å². The number of rotatable bonds is 13. The Kier molecular flexibility index (Phi) is 9.63. The van der Waals surface area contributed by atoms with E-state index in [1.807, 2.05) is 0 Å². The summed E-state index contributed by atoms with van der Waals surface area (Å²) in [7, 11) is 0. The predicted octanol–water partition coefficient (Wildman–Crippen LogP) is 7.05. The fourth-order valence-electron chi connectivity index (χ4n) is 4.77. The number of aromatic nitrogens is 3. The second-order valence-electron chi connectivity index (χ2n) is 8.89. The molecule has 0 amide bonds. The number of hydrogen-bond acceptors (Lipinski definition) is 2. The van der Waals surface area contributed by atoms with Gasteiger partial charge in [0.15, 0.2) is 0 Å². The third-order valence-electron chi connectivity index (χ3n) is 6.49. The van der Waals surface area contributed by atoms with Gasteiger partial charge in [-0.1, -0.05) is 0 Å². The third kappa shape index (κ3) is 6.21. The molecule has 1 heterocycles. The first-order valence-corrected chi connectivity index (χ1v) is 19.8. The van der Waals surface area contributed by atoms with Crippen LogP contribution < -0.4 is 3.71 Å². The molecule has 3 rings (SSSR count). The molecule has 0 N–H and O–H groups in total. The monoisotopic (exact) mass is 525 g/mol. The summed E-state index contributed by atoms with van der Waals surface area (Å²) >= 11 is -2.74. The maximum atomic E-state index is 4.84. The summed E-state index contributed by atoms with van der Waals surface area (Å²) in [4.78, 5) is 0. The fourth-order valence-corrected chi connectivity index (χ4v) is 21.7. The average molecular weight is 524 g/mol. The molecule has 0 bridgehead atoms.